The Morgan fingerprint density at radius 3 is 2.76 bits per heavy atom. The molecular weight excluding hydrogens is 272 g/mol. The van der Waals surface area contributed by atoms with E-state index in [1.54, 1.807) is 13.0 Å². The molecule has 1 aromatic carbocycles. The van der Waals surface area contributed by atoms with Crippen LogP contribution in [0.25, 0.3) is 11.0 Å². The summed E-state index contributed by atoms with van der Waals surface area (Å²) in [6, 6.07) is 5.16. The normalized spacial score (nSPS) is 10.6. The van der Waals surface area contributed by atoms with Gasteiger partial charge in [-0.1, -0.05) is 13.3 Å². The summed E-state index contributed by atoms with van der Waals surface area (Å²) in [6.07, 6.45) is 1.75. The van der Waals surface area contributed by atoms with E-state index in [1.165, 1.54) is 13.2 Å². The Morgan fingerprint density at radius 2 is 2.10 bits per heavy atom. The predicted molar refractivity (Wildman–Crippen MR) is 78.7 cm³/mol. The van der Waals surface area contributed by atoms with Gasteiger partial charge in [-0.25, -0.2) is 9.59 Å². The third kappa shape index (κ3) is 3.24. The molecule has 2 aromatic rings. The van der Waals surface area contributed by atoms with E-state index in [0.29, 0.717) is 16.9 Å². The van der Waals surface area contributed by atoms with Crippen molar-refractivity contribution in [2.24, 2.45) is 0 Å². The smallest absolute Gasteiger partial charge is 0.343 e. The molecule has 21 heavy (non-hydrogen) atoms. The topological polar surface area (TPSA) is 65.7 Å². The number of aryl methyl sites for hydroxylation is 2. The average Bonchev–Trinajstić information content (AvgIpc) is 2.47. The van der Waals surface area contributed by atoms with Crippen molar-refractivity contribution in [3.63, 3.8) is 0 Å². The molecule has 0 spiro atoms. The molecule has 0 amide bonds. The van der Waals surface area contributed by atoms with E-state index in [-0.39, 0.29) is 12.2 Å². The van der Waals surface area contributed by atoms with Crippen LogP contribution < -0.4 is 10.4 Å². The van der Waals surface area contributed by atoms with Gasteiger partial charge in [0.25, 0.3) is 0 Å². The summed E-state index contributed by atoms with van der Waals surface area (Å²) < 4.78 is 15.2. The van der Waals surface area contributed by atoms with Gasteiger partial charge in [-0.3, -0.25) is 0 Å². The van der Waals surface area contributed by atoms with E-state index in [4.69, 9.17) is 9.15 Å². The number of carbonyl (C=O) groups is 1. The monoisotopic (exact) mass is 290 g/mol. The first-order valence-electron chi connectivity index (χ1n) is 6.82. The molecule has 0 fully saturated rings. The summed E-state index contributed by atoms with van der Waals surface area (Å²) in [5.74, 6) is 0.0420. The first kappa shape index (κ1) is 15.1. The zero-order valence-corrected chi connectivity index (χ0v) is 12.4. The minimum absolute atomic E-state index is 0.179. The molecule has 0 N–H and O–H groups in total. The second-order valence-electron chi connectivity index (χ2n) is 4.77. The fourth-order valence-electron chi connectivity index (χ4n) is 2.24. The van der Waals surface area contributed by atoms with Gasteiger partial charge in [-0.2, -0.15) is 0 Å². The van der Waals surface area contributed by atoms with Crippen molar-refractivity contribution in [1.82, 2.24) is 0 Å². The Hall–Kier alpha value is -2.30. The highest BCUT2D eigenvalue weighted by atomic mass is 16.6. The third-order valence-corrected chi connectivity index (χ3v) is 3.29. The number of rotatable bonds is 5. The van der Waals surface area contributed by atoms with Gasteiger partial charge in [0.1, 0.15) is 11.3 Å². The van der Waals surface area contributed by atoms with Gasteiger partial charge >= 0.3 is 11.6 Å². The molecule has 112 valence electrons. The van der Waals surface area contributed by atoms with Crippen molar-refractivity contribution in [3.05, 3.63) is 39.7 Å². The van der Waals surface area contributed by atoms with Crippen LogP contribution in [0.3, 0.4) is 0 Å². The number of carbonyl (C=O) groups excluding carboxylic acids is 1. The summed E-state index contributed by atoms with van der Waals surface area (Å²) in [7, 11) is 1.30. The molecule has 0 saturated carbocycles. The summed E-state index contributed by atoms with van der Waals surface area (Å²) in [5, 5.41) is 0.902. The number of esters is 1. The standard InChI is InChI=1S/C16H18O5/c1-4-5-11-8-14(17)21-16-10(2)13(7-6-12(11)16)20-9-15(18)19-3/h6-8H,4-5,9H2,1-3H3. The fraction of sp³-hybridized carbons (Fsp3) is 0.375. The Morgan fingerprint density at radius 1 is 1.33 bits per heavy atom. The molecule has 5 heteroatoms. The molecule has 1 aromatic heterocycles. The summed E-state index contributed by atoms with van der Waals surface area (Å²) >= 11 is 0. The molecule has 5 nitrogen and oxygen atoms in total. The number of ether oxygens (including phenoxy) is 2. The predicted octanol–water partition coefficient (Wildman–Crippen LogP) is 2.61. The minimum Gasteiger partial charge on any atom is -0.481 e. The van der Waals surface area contributed by atoms with Gasteiger partial charge in [0.05, 0.1) is 7.11 Å². The maximum atomic E-state index is 11.7. The molecule has 0 atom stereocenters. The van der Waals surface area contributed by atoms with Crippen molar-refractivity contribution in [3.8, 4) is 5.75 Å². The molecule has 0 aliphatic rings. The summed E-state index contributed by atoms with van der Waals surface area (Å²) in [5.41, 5.74) is 1.80. The second-order valence-corrected chi connectivity index (χ2v) is 4.77. The molecular formula is C16H18O5. The number of methoxy groups -OCH3 is 1. The van der Waals surface area contributed by atoms with Crippen LogP contribution in [0.5, 0.6) is 5.75 Å². The lowest BCUT2D eigenvalue weighted by Crippen LogP contribution is -2.13. The SMILES string of the molecule is CCCc1cc(=O)oc2c(C)c(OCC(=O)OC)ccc12. The van der Waals surface area contributed by atoms with E-state index in [9.17, 15) is 9.59 Å². The van der Waals surface area contributed by atoms with Gasteiger partial charge in [0.2, 0.25) is 0 Å². The van der Waals surface area contributed by atoms with Crippen LogP contribution in [0.15, 0.2) is 27.4 Å². The quantitative estimate of drug-likeness (QED) is 0.625. The highest BCUT2D eigenvalue weighted by molar-refractivity contribution is 5.85. The second kappa shape index (κ2) is 6.43. The zero-order chi connectivity index (χ0) is 15.4. The Bertz CT molecular complexity index is 714. The van der Waals surface area contributed by atoms with Crippen molar-refractivity contribution in [2.45, 2.75) is 26.7 Å². The molecule has 0 bridgehead atoms. The summed E-state index contributed by atoms with van der Waals surface area (Å²) in [4.78, 5) is 22.8. The lowest BCUT2D eigenvalue weighted by Gasteiger charge is -2.11. The Kier molecular flexibility index (Phi) is 4.62. The Balaban J connectivity index is 2.46. The minimum atomic E-state index is -0.462. The zero-order valence-electron chi connectivity index (χ0n) is 12.4. The number of hydrogen-bond acceptors (Lipinski definition) is 5. The van der Waals surface area contributed by atoms with Gasteiger partial charge in [0.15, 0.2) is 6.61 Å². The first-order chi connectivity index (χ1) is 10.1. The van der Waals surface area contributed by atoms with Crippen LogP contribution in [0, 0.1) is 6.92 Å². The molecule has 2 rings (SSSR count). The molecule has 0 aliphatic heterocycles. The molecule has 0 saturated heterocycles. The van der Waals surface area contributed by atoms with Crippen LogP contribution in [-0.2, 0) is 16.0 Å². The first-order valence-corrected chi connectivity index (χ1v) is 6.82. The van der Waals surface area contributed by atoms with Crippen LogP contribution in [0.1, 0.15) is 24.5 Å². The van der Waals surface area contributed by atoms with E-state index >= 15 is 0 Å². The fourth-order valence-corrected chi connectivity index (χ4v) is 2.24. The summed E-state index contributed by atoms with van der Waals surface area (Å²) in [6.45, 7) is 3.68. The molecule has 0 unspecified atom stereocenters. The van der Waals surface area contributed by atoms with Crippen LogP contribution >= 0.6 is 0 Å². The van der Waals surface area contributed by atoms with Gasteiger partial charge < -0.3 is 13.9 Å². The maximum absolute atomic E-state index is 11.7. The van der Waals surface area contributed by atoms with E-state index in [1.807, 2.05) is 6.07 Å². The van der Waals surface area contributed by atoms with Gasteiger partial charge in [0, 0.05) is 17.0 Å². The third-order valence-electron chi connectivity index (χ3n) is 3.29. The lowest BCUT2D eigenvalue weighted by molar-refractivity contribution is -0.142. The molecule has 0 radical (unpaired) electrons. The van der Waals surface area contributed by atoms with Crippen molar-refractivity contribution >= 4 is 16.9 Å². The number of fused-ring (bicyclic) bond motifs is 1. The molecule has 0 aliphatic carbocycles. The van der Waals surface area contributed by atoms with Crippen LogP contribution in [-0.4, -0.2) is 19.7 Å². The van der Waals surface area contributed by atoms with Crippen molar-refractivity contribution in [1.29, 1.82) is 0 Å². The van der Waals surface area contributed by atoms with E-state index in [0.717, 1.165) is 23.8 Å². The number of benzene rings is 1. The Labute approximate surface area is 122 Å². The molecule has 1 heterocycles. The van der Waals surface area contributed by atoms with Crippen LogP contribution in [0.4, 0.5) is 0 Å². The van der Waals surface area contributed by atoms with Crippen molar-refractivity contribution < 1.29 is 18.7 Å². The number of hydrogen-bond donors (Lipinski definition) is 0. The van der Waals surface area contributed by atoms with E-state index < -0.39 is 5.97 Å². The van der Waals surface area contributed by atoms with Gasteiger partial charge in [-0.05, 0) is 31.0 Å². The largest absolute Gasteiger partial charge is 0.481 e. The lowest BCUT2D eigenvalue weighted by atomic mass is 10.0. The van der Waals surface area contributed by atoms with Crippen LogP contribution in [0.2, 0.25) is 0 Å². The van der Waals surface area contributed by atoms with E-state index in [2.05, 4.69) is 11.7 Å². The average molecular weight is 290 g/mol. The van der Waals surface area contributed by atoms with Gasteiger partial charge in [-0.15, -0.1) is 0 Å². The van der Waals surface area contributed by atoms with Crippen molar-refractivity contribution in [2.75, 3.05) is 13.7 Å². The maximum Gasteiger partial charge on any atom is 0.343 e. The highest BCUT2D eigenvalue weighted by Crippen LogP contribution is 2.28. The highest BCUT2D eigenvalue weighted by Gasteiger charge is 2.12.